The number of hydrogen-bond donors (Lipinski definition) is 1. The summed E-state index contributed by atoms with van der Waals surface area (Å²) in [5.74, 6) is -1.18. The Morgan fingerprint density at radius 2 is 1.83 bits per heavy atom. The van der Waals surface area contributed by atoms with Crippen molar-refractivity contribution in [1.29, 1.82) is 5.26 Å². The molecule has 2 aromatic rings. The number of amides is 1. The Morgan fingerprint density at radius 1 is 1.13 bits per heavy atom. The molecule has 8 heteroatoms. The van der Waals surface area contributed by atoms with E-state index in [9.17, 15) is 14.9 Å². The standard InChI is InChI=1S/C22H20BrN3O4/c23-18-6-7-20(30-15-21(27)28)16(13-18)12-17(14-24)22(29)26-10-8-25(9-11-26)19-4-2-1-3-5-19/h1-7,12-13H,8-11,15H2,(H,27,28)/b17-12-. The Morgan fingerprint density at radius 3 is 2.47 bits per heavy atom. The fourth-order valence-electron chi connectivity index (χ4n) is 3.18. The number of carboxylic acids is 1. The fourth-order valence-corrected chi connectivity index (χ4v) is 3.56. The lowest BCUT2D eigenvalue weighted by Crippen LogP contribution is -2.49. The highest BCUT2D eigenvalue weighted by atomic mass is 79.9. The summed E-state index contributed by atoms with van der Waals surface area (Å²) in [6.07, 6.45) is 1.44. The van der Waals surface area contributed by atoms with Crippen molar-refractivity contribution < 1.29 is 19.4 Å². The maximum absolute atomic E-state index is 12.9. The van der Waals surface area contributed by atoms with E-state index in [1.165, 1.54) is 6.08 Å². The van der Waals surface area contributed by atoms with Crippen molar-refractivity contribution in [3.05, 3.63) is 64.1 Å². The molecule has 0 aliphatic carbocycles. The lowest BCUT2D eigenvalue weighted by Gasteiger charge is -2.36. The van der Waals surface area contributed by atoms with Gasteiger partial charge in [0, 0.05) is 41.9 Å². The first-order valence-corrected chi connectivity index (χ1v) is 10.1. The summed E-state index contributed by atoms with van der Waals surface area (Å²) in [7, 11) is 0. The molecular weight excluding hydrogens is 450 g/mol. The second kappa shape index (κ2) is 9.94. The molecule has 30 heavy (non-hydrogen) atoms. The van der Waals surface area contributed by atoms with E-state index >= 15 is 0 Å². The summed E-state index contributed by atoms with van der Waals surface area (Å²) < 4.78 is 6.00. The minimum atomic E-state index is -1.11. The molecule has 1 N–H and O–H groups in total. The van der Waals surface area contributed by atoms with Crippen molar-refractivity contribution in [3.8, 4) is 11.8 Å². The second-order valence-corrected chi connectivity index (χ2v) is 7.56. The third-order valence-corrected chi connectivity index (χ3v) is 5.16. The average molecular weight is 470 g/mol. The first-order chi connectivity index (χ1) is 14.5. The quantitative estimate of drug-likeness (QED) is 0.515. The molecule has 0 spiro atoms. The van der Waals surface area contributed by atoms with Crippen LogP contribution in [0.15, 0.2) is 58.6 Å². The summed E-state index contributed by atoms with van der Waals surface area (Å²) in [6, 6.07) is 16.9. The number of carboxylic acid groups (broad SMARTS) is 1. The van der Waals surface area contributed by atoms with Gasteiger partial charge in [0.2, 0.25) is 0 Å². The van der Waals surface area contributed by atoms with Gasteiger partial charge in [0.15, 0.2) is 6.61 Å². The van der Waals surface area contributed by atoms with Crippen molar-refractivity contribution in [2.45, 2.75) is 0 Å². The maximum atomic E-state index is 12.9. The van der Waals surface area contributed by atoms with E-state index < -0.39 is 12.6 Å². The van der Waals surface area contributed by atoms with Gasteiger partial charge in [-0.15, -0.1) is 0 Å². The van der Waals surface area contributed by atoms with Gasteiger partial charge < -0.3 is 19.6 Å². The summed E-state index contributed by atoms with van der Waals surface area (Å²) in [5.41, 5.74) is 1.54. The van der Waals surface area contributed by atoms with Crippen LogP contribution in [0, 0.1) is 11.3 Å². The van der Waals surface area contributed by atoms with Crippen LogP contribution in [-0.2, 0) is 9.59 Å². The van der Waals surface area contributed by atoms with Crippen molar-refractivity contribution in [2.24, 2.45) is 0 Å². The highest BCUT2D eigenvalue weighted by Crippen LogP contribution is 2.26. The number of nitriles is 1. The molecular formula is C22H20BrN3O4. The Kier molecular flexibility index (Phi) is 7.09. The summed E-state index contributed by atoms with van der Waals surface area (Å²) in [4.78, 5) is 27.6. The first-order valence-electron chi connectivity index (χ1n) is 9.33. The normalized spacial score (nSPS) is 14.2. The predicted molar refractivity (Wildman–Crippen MR) is 116 cm³/mol. The summed E-state index contributed by atoms with van der Waals surface area (Å²) in [6.45, 7) is 1.86. The average Bonchev–Trinajstić information content (AvgIpc) is 2.77. The van der Waals surface area contributed by atoms with Crippen LogP contribution in [-0.4, -0.2) is 54.7 Å². The van der Waals surface area contributed by atoms with Crippen LogP contribution in [0.4, 0.5) is 5.69 Å². The molecule has 1 fully saturated rings. The van der Waals surface area contributed by atoms with E-state index in [1.807, 2.05) is 36.4 Å². The van der Waals surface area contributed by atoms with Crippen LogP contribution in [0.1, 0.15) is 5.56 Å². The molecule has 0 bridgehead atoms. The Bertz CT molecular complexity index is 993. The van der Waals surface area contributed by atoms with Gasteiger partial charge in [0.25, 0.3) is 5.91 Å². The van der Waals surface area contributed by atoms with E-state index in [4.69, 9.17) is 9.84 Å². The number of hydrogen-bond acceptors (Lipinski definition) is 5. The molecule has 0 unspecified atom stereocenters. The molecule has 0 radical (unpaired) electrons. The van der Waals surface area contributed by atoms with E-state index in [-0.39, 0.29) is 17.2 Å². The molecule has 1 amide bonds. The van der Waals surface area contributed by atoms with Gasteiger partial charge in [0.1, 0.15) is 17.4 Å². The van der Waals surface area contributed by atoms with Crippen molar-refractivity contribution >= 4 is 39.6 Å². The molecule has 1 aliphatic heterocycles. The number of ether oxygens (including phenoxy) is 1. The zero-order chi connectivity index (χ0) is 21.5. The number of aliphatic carboxylic acids is 1. The number of rotatable bonds is 6. The summed E-state index contributed by atoms with van der Waals surface area (Å²) >= 11 is 3.35. The number of para-hydroxylation sites is 1. The van der Waals surface area contributed by atoms with Gasteiger partial charge >= 0.3 is 5.97 Å². The van der Waals surface area contributed by atoms with Crippen LogP contribution < -0.4 is 9.64 Å². The molecule has 0 aromatic heterocycles. The highest BCUT2D eigenvalue weighted by molar-refractivity contribution is 9.10. The van der Waals surface area contributed by atoms with E-state index in [1.54, 1.807) is 23.1 Å². The fraction of sp³-hybridized carbons (Fsp3) is 0.227. The van der Waals surface area contributed by atoms with Crippen LogP contribution in [0.3, 0.4) is 0 Å². The number of nitrogens with zero attached hydrogens (tertiary/aromatic N) is 3. The third-order valence-electron chi connectivity index (χ3n) is 4.66. The molecule has 0 saturated carbocycles. The van der Waals surface area contributed by atoms with Crippen molar-refractivity contribution in [3.63, 3.8) is 0 Å². The number of benzene rings is 2. The van der Waals surface area contributed by atoms with E-state index in [2.05, 4.69) is 20.8 Å². The van der Waals surface area contributed by atoms with Gasteiger partial charge in [0.05, 0.1) is 0 Å². The van der Waals surface area contributed by atoms with Gasteiger partial charge in [-0.1, -0.05) is 34.1 Å². The number of anilines is 1. The number of carbonyl (C=O) groups is 2. The third kappa shape index (κ3) is 5.39. The minimum Gasteiger partial charge on any atom is -0.481 e. The SMILES string of the molecule is N#C/C(=C/c1cc(Br)ccc1OCC(=O)O)C(=O)N1CCN(c2ccccc2)CC1. The van der Waals surface area contributed by atoms with Gasteiger partial charge in [-0.25, -0.2) is 4.79 Å². The van der Waals surface area contributed by atoms with Crippen molar-refractivity contribution in [1.82, 2.24) is 4.90 Å². The molecule has 7 nitrogen and oxygen atoms in total. The first kappa shape index (κ1) is 21.4. The molecule has 1 saturated heterocycles. The van der Waals surface area contributed by atoms with E-state index in [0.29, 0.717) is 31.7 Å². The molecule has 3 rings (SSSR count). The van der Waals surface area contributed by atoms with Gasteiger partial charge in [-0.05, 0) is 36.4 Å². The Labute approximate surface area is 182 Å². The zero-order valence-corrected chi connectivity index (χ0v) is 17.7. The number of halogens is 1. The second-order valence-electron chi connectivity index (χ2n) is 6.65. The van der Waals surface area contributed by atoms with Crippen LogP contribution in [0.2, 0.25) is 0 Å². The van der Waals surface area contributed by atoms with Gasteiger partial charge in [-0.2, -0.15) is 5.26 Å². The molecule has 0 atom stereocenters. The van der Waals surface area contributed by atoms with E-state index in [0.717, 1.165) is 10.2 Å². The van der Waals surface area contributed by atoms with Crippen LogP contribution >= 0.6 is 15.9 Å². The zero-order valence-electron chi connectivity index (χ0n) is 16.1. The van der Waals surface area contributed by atoms with Crippen LogP contribution in [0.5, 0.6) is 5.75 Å². The lowest BCUT2D eigenvalue weighted by molar-refractivity contribution is -0.139. The Balaban J connectivity index is 1.74. The predicted octanol–water partition coefficient (Wildman–Crippen LogP) is 3.17. The van der Waals surface area contributed by atoms with Crippen molar-refractivity contribution in [2.75, 3.05) is 37.7 Å². The monoisotopic (exact) mass is 469 g/mol. The molecule has 2 aromatic carbocycles. The number of carbonyl (C=O) groups excluding carboxylic acids is 1. The van der Waals surface area contributed by atoms with Gasteiger partial charge in [-0.3, -0.25) is 4.79 Å². The summed E-state index contributed by atoms with van der Waals surface area (Å²) in [5, 5.41) is 18.4. The molecule has 154 valence electrons. The smallest absolute Gasteiger partial charge is 0.341 e. The minimum absolute atomic E-state index is 0.0264. The molecule has 1 aliphatic rings. The van der Waals surface area contributed by atoms with Crippen LogP contribution in [0.25, 0.3) is 6.08 Å². The Hall–Kier alpha value is -3.31. The lowest BCUT2D eigenvalue weighted by atomic mass is 10.1. The topological polar surface area (TPSA) is 93.9 Å². The molecule has 1 heterocycles. The highest BCUT2D eigenvalue weighted by Gasteiger charge is 2.24. The maximum Gasteiger partial charge on any atom is 0.341 e. The largest absolute Gasteiger partial charge is 0.481 e. The number of piperazine rings is 1.